The van der Waals surface area contributed by atoms with E-state index in [1.54, 1.807) is 17.9 Å². The number of ether oxygens (including phenoxy) is 1. The SMILES string of the molecule is C1CCOC1.Cn1cc(NC(=O)c2cc(-c3ccc(F)cn3)on2)cn1.[HH]. The maximum absolute atomic E-state index is 12.8. The molecule has 0 spiro atoms. The molecule has 1 fully saturated rings. The number of nitrogens with zero attached hydrogens (tertiary/aromatic N) is 4. The fraction of sp³-hybridized carbons (Fsp3) is 0.294. The fourth-order valence-corrected chi connectivity index (χ4v) is 2.22. The fourth-order valence-electron chi connectivity index (χ4n) is 2.22. The number of halogens is 1. The van der Waals surface area contributed by atoms with Crippen molar-refractivity contribution in [2.45, 2.75) is 12.8 Å². The van der Waals surface area contributed by atoms with Gasteiger partial charge in [0.1, 0.15) is 11.5 Å². The highest BCUT2D eigenvalue weighted by atomic mass is 19.1. The summed E-state index contributed by atoms with van der Waals surface area (Å²) in [6, 6.07) is 4.13. The van der Waals surface area contributed by atoms with E-state index >= 15 is 0 Å². The van der Waals surface area contributed by atoms with Gasteiger partial charge in [-0.1, -0.05) is 5.16 Å². The smallest absolute Gasteiger partial charge is 0.277 e. The zero-order valence-corrected chi connectivity index (χ0v) is 14.2. The molecule has 4 rings (SSSR count). The van der Waals surface area contributed by atoms with Crippen LogP contribution in [0, 0.1) is 5.82 Å². The van der Waals surface area contributed by atoms with E-state index in [-0.39, 0.29) is 12.9 Å². The Hall–Kier alpha value is -3.07. The molecule has 1 amide bonds. The van der Waals surface area contributed by atoms with Crippen LogP contribution in [-0.4, -0.2) is 39.0 Å². The van der Waals surface area contributed by atoms with Crippen LogP contribution in [0.25, 0.3) is 11.5 Å². The van der Waals surface area contributed by atoms with E-state index in [1.165, 1.54) is 37.2 Å². The highest BCUT2D eigenvalue weighted by Crippen LogP contribution is 2.18. The maximum atomic E-state index is 12.8. The molecule has 1 N–H and O–H groups in total. The predicted molar refractivity (Wildman–Crippen MR) is 93.0 cm³/mol. The van der Waals surface area contributed by atoms with E-state index in [2.05, 4.69) is 20.6 Å². The Morgan fingerprint density at radius 3 is 2.69 bits per heavy atom. The molecule has 4 heterocycles. The average Bonchev–Trinajstić information content (AvgIpc) is 3.39. The molecule has 138 valence electrons. The molecule has 1 saturated heterocycles. The van der Waals surface area contributed by atoms with Crippen molar-refractivity contribution in [3.8, 4) is 11.5 Å². The van der Waals surface area contributed by atoms with Crippen molar-refractivity contribution in [3.05, 3.63) is 48.3 Å². The van der Waals surface area contributed by atoms with E-state index in [0.29, 0.717) is 11.4 Å². The van der Waals surface area contributed by atoms with E-state index in [9.17, 15) is 9.18 Å². The average molecular weight is 361 g/mol. The minimum absolute atomic E-state index is 0. The molecule has 1 aliphatic rings. The lowest BCUT2D eigenvalue weighted by molar-refractivity contribution is 0.101. The summed E-state index contributed by atoms with van der Waals surface area (Å²) in [4.78, 5) is 15.8. The summed E-state index contributed by atoms with van der Waals surface area (Å²) in [5, 5.41) is 10.2. The van der Waals surface area contributed by atoms with Gasteiger partial charge in [0.15, 0.2) is 11.5 Å². The monoisotopic (exact) mass is 361 g/mol. The lowest BCUT2D eigenvalue weighted by atomic mass is 10.2. The lowest BCUT2D eigenvalue weighted by Crippen LogP contribution is -2.11. The first kappa shape index (κ1) is 17.7. The number of carbonyl (C=O) groups is 1. The van der Waals surface area contributed by atoms with Crippen LogP contribution in [0.3, 0.4) is 0 Å². The second-order valence-electron chi connectivity index (χ2n) is 5.61. The van der Waals surface area contributed by atoms with Crippen molar-refractivity contribution < 1.29 is 19.9 Å². The van der Waals surface area contributed by atoms with Gasteiger partial charge in [-0.25, -0.2) is 9.37 Å². The number of rotatable bonds is 3. The lowest BCUT2D eigenvalue weighted by Gasteiger charge is -1.96. The summed E-state index contributed by atoms with van der Waals surface area (Å²) in [5.41, 5.74) is 1.04. The van der Waals surface area contributed by atoms with Gasteiger partial charge < -0.3 is 14.6 Å². The summed E-state index contributed by atoms with van der Waals surface area (Å²) < 4.78 is 24.3. The van der Waals surface area contributed by atoms with Crippen molar-refractivity contribution in [1.82, 2.24) is 19.9 Å². The summed E-state index contributed by atoms with van der Waals surface area (Å²) in [7, 11) is 1.74. The summed E-state index contributed by atoms with van der Waals surface area (Å²) >= 11 is 0. The van der Waals surface area contributed by atoms with Crippen LogP contribution in [0.5, 0.6) is 0 Å². The Balaban J connectivity index is 0.000000379. The van der Waals surface area contributed by atoms with Crippen molar-refractivity contribution in [2.75, 3.05) is 18.5 Å². The number of aryl methyl sites for hydroxylation is 1. The maximum Gasteiger partial charge on any atom is 0.277 e. The molecule has 0 aliphatic carbocycles. The van der Waals surface area contributed by atoms with Gasteiger partial charge in [-0.15, -0.1) is 0 Å². The Morgan fingerprint density at radius 1 is 1.31 bits per heavy atom. The van der Waals surface area contributed by atoms with Gasteiger partial charge in [0.25, 0.3) is 5.91 Å². The van der Waals surface area contributed by atoms with Gasteiger partial charge in [-0.2, -0.15) is 5.10 Å². The molecule has 0 bridgehead atoms. The van der Waals surface area contributed by atoms with E-state index in [0.717, 1.165) is 19.4 Å². The molecule has 8 nitrogen and oxygen atoms in total. The Labute approximate surface area is 150 Å². The molecule has 1 aliphatic heterocycles. The minimum atomic E-state index is -0.451. The molecule has 0 saturated carbocycles. The van der Waals surface area contributed by atoms with Gasteiger partial charge in [0, 0.05) is 34.0 Å². The molecule has 26 heavy (non-hydrogen) atoms. The second kappa shape index (κ2) is 8.34. The normalized spacial score (nSPS) is 13.2. The van der Waals surface area contributed by atoms with Crippen molar-refractivity contribution in [2.24, 2.45) is 7.05 Å². The number of aromatic nitrogens is 4. The Bertz CT molecular complexity index is 854. The molecule has 3 aromatic heterocycles. The van der Waals surface area contributed by atoms with Gasteiger partial charge in [0.05, 0.1) is 18.1 Å². The summed E-state index contributed by atoms with van der Waals surface area (Å²) in [6.07, 6.45) is 6.79. The summed E-state index contributed by atoms with van der Waals surface area (Å²) in [6.45, 7) is 2.00. The number of hydrogen-bond donors (Lipinski definition) is 1. The van der Waals surface area contributed by atoms with Gasteiger partial charge in [0.2, 0.25) is 0 Å². The van der Waals surface area contributed by atoms with Crippen LogP contribution in [0.1, 0.15) is 24.8 Å². The molecule has 9 heteroatoms. The molecular weight excluding hydrogens is 341 g/mol. The van der Waals surface area contributed by atoms with Gasteiger partial charge in [-0.3, -0.25) is 9.48 Å². The van der Waals surface area contributed by atoms with Crippen LogP contribution in [0.2, 0.25) is 0 Å². The first-order chi connectivity index (χ1) is 12.6. The third-order valence-corrected chi connectivity index (χ3v) is 3.51. The molecule has 0 atom stereocenters. The summed E-state index contributed by atoms with van der Waals surface area (Å²) in [5.74, 6) is -0.598. The molecule has 0 unspecified atom stereocenters. The highest BCUT2D eigenvalue weighted by Gasteiger charge is 2.15. The third kappa shape index (κ3) is 4.73. The van der Waals surface area contributed by atoms with E-state index in [4.69, 9.17) is 9.26 Å². The van der Waals surface area contributed by atoms with Crippen LogP contribution in [-0.2, 0) is 11.8 Å². The van der Waals surface area contributed by atoms with Gasteiger partial charge in [-0.05, 0) is 25.0 Å². The first-order valence-corrected chi connectivity index (χ1v) is 8.08. The Morgan fingerprint density at radius 2 is 2.12 bits per heavy atom. The zero-order valence-electron chi connectivity index (χ0n) is 14.2. The molecule has 3 aromatic rings. The van der Waals surface area contributed by atoms with Crippen LogP contribution in [0.15, 0.2) is 41.3 Å². The number of anilines is 1. The van der Waals surface area contributed by atoms with Crippen molar-refractivity contribution in [1.29, 1.82) is 0 Å². The number of carbonyl (C=O) groups excluding carboxylic acids is 1. The highest BCUT2D eigenvalue weighted by molar-refractivity contribution is 6.03. The third-order valence-electron chi connectivity index (χ3n) is 3.51. The van der Waals surface area contributed by atoms with Gasteiger partial charge >= 0.3 is 0 Å². The standard InChI is InChI=1S/C13H10FN5O2.C4H8O.H2/c1-19-7-9(6-16-19)17-13(20)11-4-12(21-18-11)10-3-2-8(14)5-15-10;1-2-4-5-3-1;/h2-7H,1H3,(H,17,20);1-4H2;1H. The molecule has 0 aromatic carbocycles. The Kier molecular flexibility index (Phi) is 5.69. The second-order valence-corrected chi connectivity index (χ2v) is 5.61. The van der Waals surface area contributed by atoms with Crippen LogP contribution in [0.4, 0.5) is 10.1 Å². The largest absolute Gasteiger partial charge is 0.381 e. The van der Waals surface area contributed by atoms with E-state index < -0.39 is 11.7 Å². The van der Waals surface area contributed by atoms with Crippen LogP contribution >= 0.6 is 0 Å². The number of nitrogens with one attached hydrogen (secondary N) is 1. The quantitative estimate of drug-likeness (QED) is 0.771. The first-order valence-electron chi connectivity index (χ1n) is 8.08. The predicted octanol–water partition coefficient (Wildman–Crippen LogP) is 2.90. The van der Waals surface area contributed by atoms with E-state index in [1.807, 2.05) is 0 Å². The molecule has 0 radical (unpaired) electrons. The topological polar surface area (TPSA) is 95.1 Å². The zero-order chi connectivity index (χ0) is 18.4. The number of pyridine rings is 1. The number of hydrogen-bond acceptors (Lipinski definition) is 6. The minimum Gasteiger partial charge on any atom is -0.381 e. The van der Waals surface area contributed by atoms with Crippen molar-refractivity contribution in [3.63, 3.8) is 0 Å². The molecular formula is C17H20FN5O3. The van der Waals surface area contributed by atoms with Crippen molar-refractivity contribution >= 4 is 11.6 Å². The number of amides is 1. The van der Waals surface area contributed by atoms with Crippen LogP contribution < -0.4 is 5.32 Å².